The first-order valence-corrected chi connectivity index (χ1v) is 8.13. The lowest BCUT2D eigenvalue weighted by Gasteiger charge is -2.21. The van der Waals surface area contributed by atoms with E-state index in [4.69, 9.17) is 11.6 Å². The summed E-state index contributed by atoms with van der Waals surface area (Å²) in [5.74, 6) is 1.22. The summed E-state index contributed by atoms with van der Waals surface area (Å²) >= 11 is 6.00. The van der Waals surface area contributed by atoms with Crippen molar-refractivity contribution in [3.05, 3.63) is 71.4 Å². The van der Waals surface area contributed by atoms with Crippen LogP contribution in [-0.2, 0) is 6.54 Å². The van der Waals surface area contributed by atoms with Crippen molar-refractivity contribution in [3.63, 3.8) is 0 Å². The summed E-state index contributed by atoms with van der Waals surface area (Å²) in [6.07, 6.45) is 1.68. The van der Waals surface area contributed by atoms with Gasteiger partial charge in [-0.1, -0.05) is 48.0 Å². The molecule has 0 aliphatic heterocycles. The zero-order valence-electron chi connectivity index (χ0n) is 13.4. The van der Waals surface area contributed by atoms with E-state index in [1.54, 1.807) is 6.20 Å². The van der Waals surface area contributed by atoms with Crippen molar-refractivity contribution >= 4 is 29.1 Å². The summed E-state index contributed by atoms with van der Waals surface area (Å²) in [4.78, 5) is 6.71. The van der Waals surface area contributed by atoms with E-state index in [9.17, 15) is 0 Å². The first-order chi connectivity index (χ1) is 11.7. The van der Waals surface area contributed by atoms with Crippen LogP contribution in [0.2, 0.25) is 5.02 Å². The molecule has 0 bridgehead atoms. The molecular formula is C18H18ClN5. The average Bonchev–Trinajstić information content (AvgIpc) is 2.61. The topological polar surface area (TPSA) is 53.9 Å². The summed E-state index contributed by atoms with van der Waals surface area (Å²) < 4.78 is 0. The molecule has 24 heavy (non-hydrogen) atoms. The molecule has 0 aliphatic rings. The van der Waals surface area contributed by atoms with Gasteiger partial charge in [0.25, 0.3) is 0 Å². The summed E-state index contributed by atoms with van der Waals surface area (Å²) in [7, 11) is 0. The van der Waals surface area contributed by atoms with Crippen molar-refractivity contribution in [1.29, 1.82) is 0 Å². The van der Waals surface area contributed by atoms with Gasteiger partial charge < -0.3 is 10.2 Å². The average molecular weight is 340 g/mol. The Morgan fingerprint density at radius 3 is 2.67 bits per heavy atom. The van der Waals surface area contributed by atoms with Crippen LogP contribution in [-0.4, -0.2) is 21.7 Å². The van der Waals surface area contributed by atoms with Crippen molar-refractivity contribution in [2.45, 2.75) is 13.5 Å². The fraction of sp³-hybridized carbons (Fsp3) is 0.167. The highest BCUT2D eigenvalue weighted by atomic mass is 35.5. The number of hydrogen-bond donors (Lipinski definition) is 1. The second-order valence-corrected chi connectivity index (χ2v) is 5.71. The molecule has 0 radical (unpaired) electrons. The number of anilines is 3. The van der Waals surface area contributed by atoms with Gasteiger partial charge in [0.05, 0.1) is 6.20 Å². The number of rotatable bonds is 6. The molecule has 3 aromatic rings. The van der Waals surface area contributed by atoms with Crippen LogP contribution in [0.15, 0.2) is 60.8 Å². The number of hydrogen-bond acceptors (Lipinski definition) is 5. The van der Waals surface area contributed by atoms with Gasteiger partial charge in [-0.3, -0.25) is 0 Å². The van der Waals surface area contributed by atoms with Crippen LogP contribution in [0.1, 0.15) is 12.5 Å². The molecule has 1 heterocycles. The van der Waals surface area contributed by atoms with E-state index in [1.165, 1.54) is 5.56 Å². The van der Waals surface area contributed by atoms with E-state index in [0.29, 0.717) is 11.0 Å². The zero-order chi connectivity index (χ0) is 16.8. The van der Waals surface area contributed by atoms with Crippen LogP contribution in [0.5, 0.6) is 0 Å². The van der Waals surface area contributed by atoms with Crippen molar-refractivity contribution < 1.29 is 0 Å². The number of aromatic nitrogens is 3. The minimum Gasteiger partial charge on any atom is -0.351 e. The highest BCUT2D eigenvalue weighted by molar-refractivity contribution is 6.30. The molecule has 0 atom stereocenters. The van der Waals surface area contributed by atoms with Gasteiger partial charge in [-0.2, -0.15) is 10.1 Å². The summed E-state index contributed by atoms with van der Waals surface area (Å²) in [5.41, 5.74) is 2.05. The van der Waals surface area contributed by atoms with Crippen LogP contribution in [0.4, 0.5) is 17.5 Å². The Bertz CT molecular complexity index is 794. The standard InChI is InChI=1S/C18H18ClN5/c1-2-24(13-14-7-4-3-5-8-14)17-12-20-23-18(22-17)21-16-10-6-9-15(19)11-16/h3-12H,2,13H2,1H3,(H,21,22,23). The molecule has 0 amide bonds. The van der Waals surface area contributed by atoms with Gasteiger partial charge in [0.2, 0.25) is 5.95 Å². The van der Waals surface area contributed by atoms with E-state index < -0.39 is 0 Å². The summed E-state index contributed by atoms with van der Waals surface area (Å²) in [6, 6.07) is 17.7. The Morgan fingerprint density at radius 2 is 1.92 bits per heavy atom. The van der Waals surface area contributed by atoms with Crippen LogP contribution in [0.3, 0.4) is 0 Å². The summed E-state index contributed by atoms with van der Waals surface area (Å²) in [5, 5.41) is 11.9. The first-order valence-electron chi connectivity index (χ1n) is 7.76. The van der Waals surface area contributed by atoms with Crippen molar-refractivity contribution in [2.24, 2.45) is 0 Å². The number of nitrogens with zero attached hydrogens (tertiary/aromatic N) is 4. The molecule has 1 aromatic heterocycles. The fourth-order valence-electron chi connectivity index (χ4n) is 2.35. The van der Waals surface area contributed by atoms with Gasteiger partial charge in [0.1, 0.15) is 0 Å². The third-order valence-electron chi connectivity index (χ3n) is 3.55. The quantitative estimate of drug-likeness (QED) is 0.725. The fourth-order valence-corrected chi connectivity index (χ4v) is 2.54. The number of halogens is 1. The highest BCUT2D eigenvalue weighted by Gasteiger charge is 2.09. The molecule has 1 N–H and O–H groups in total. The first kappa shape index (κ1) is 16.2. The SMILES string of the molecule is CCN(Cc1ccccc1)c1cnnc(Nc2cccc(Cl)c2)n1. The maximum absolute atomic E-state index is 6.00. The van der Waals surface area contributed by atoms with Gasteiger partial charge in [0.15, 0.2) is 5.82 Å². The van der Waals surface area contributed by atoms with Crippen molar-refractivity contribution in [1.82, 2.24) is 15.2 Å². The molecule has 6 heteroatoms. The third-order valence-corrected chi connectivity index (χ3v) is 3.78. The van der Waals surface area contributed by atoms with E-state index in [-0.39, 0.29) is 0 Å². The molecule has 2 aromatic carbocycles. The molecule has 0 unspecified atom stereocenters. The maximum Gasteiger partial charge on any atom is 0.249 e. The van der Waals surface area contributed by atoms with Gasteiger partial charge in [0, 0.05) is 23.8 Å². The molecule has 0 saturated heterocycles. The number of nitrogens with one attached hydrogen (secondary N) is 1. The van der Waals surface area contributed by atoms with Gasteiger partial charge >= 0.3 is 0 Å². The predicted octanol–water partition coefficient (Wildman–Crippen LogP) is 4.30. The van der Waals surface area contributed by atoms with Crippen molar-refractivity contribution in [3.8, 4) is 0 Å². The van der Waals surface area contributed by atoms with E-state index in [2.05, 4.69) is 44.5 Å². The van der Waals surface area contributed by atoms with Crippen LogP contribution in [0, 0.1) is 0 Å². The second-order valence-electron chi connectivity index (χ2n) is 5.27. The highest BCUT2D eigenvalue weighted by Crippen LogP contribution is 2.19. The van der Waals surface area contributed by atoms with Crippen LogP contribution >= 0.6 is 11.6 Å². The zero-order valence-corrected chi connectivity index (χ0v) is 14.1. The third kappa shape index (κ3) is 4.20. The second kappa shape index (κ2) is 7.75. The van der Waals surface area contributed by atoms with Crippen molar-refractivity contribution in [2.75, 3.05) is 16.8 Å². The lowest BCUT2D eigenvalue weighted by Crippen LogP contribution is -2.23. The molecule has 3 rings (SSSR count). The van der Waals surface area contributed by atoms with Gasteiger partial charge in [-0.05, 0) is 30.7 Å². The molecule has 0 spiro atoms. The Balaban J connectivity index is 1.78. The molecule has 0 fully saturated rings. The van der Waals surface area contributed by atoms with Crippen LogP contribution < -0.4 is 10.2 Å². The molecule has 0 aliphatic carbocycles. The minimum atomic E-state index is 0.446. The van der Waals surface area contributed by atoms with E-state index in [1.807, 2.05) is 42.5 Å². The normalized spacial score (nSPS) is 10.4. The molecule has 5 nitrogen and oxygen atoms in total. The van der Waals surface area contributed by atoms with E-state index >= 15 is 0 Å². The van der Waals surface area contributed by atoms with E-state index in [0.717, 1.165) is 24.6 Å². The molecule has 122 valence electrons. The maximum atomic E-state index is 6.00. The largest absolute Gasteiger partial charge is 0.351 e. The lowest BCUT2D eigenvalue weighted by molar-refractivity contribution is 0.798. The monoisotopic (exact) mass is 339 g/mol. The molecule has 0 saturated carbocycles. The van der Waals surface area contributed by atoms with Crippen LogP contribution in [0.25, 0.3) is 0 Å². The Labute approximate surface area is 146 Å². The molecular weight excluding hydrogens is 322 g/mol. The Morgan fingerprint density at radius 1 is 1.08 bits per heavy atom. The smallest absolute Gasteiger partial charge is 0.249 e. The lowest BCUT2D eigenvalue weighted by atomic mass is 10.2. The van der Waals surface area contributed by atoms with Gasteiger partial charge in [-0.25, -0.2) is 0 Å². The Hall–Kier alpha value is -2.66. The number of benzene rings is 2. The Kier molecular flexibility index (Phi) is 5.23. The summed E-state index contributed by atoms with van der Waals surface area (Å²) in [6.45, 7) is 3.69. The predicted molar refractivity (Wildman–Crippen MR) is 97.7 cm³/mol. The van der Waals surface area contributed by atoms with Gasteiger partial charge in [-0.15, -0.1) is 5.10 Å². The minimum absolute atomic E-state index is 0.446.